The summed E-state index contributed by atoms with van der Waals surface area (Å²) in [5.74, 6) is -0.466. The lowest BCUT2D eigenvalue weighted by atomic mass is 10.2. The van der Waals surface area contributed by atoms with Crippen LogP contribution < -0.4 is 5.32 Å². The van der Waals surface area contributed by atoms with E-state index < -0.39 is 0 Å². The molecule has 0 spiro atoms. The standard InChI is InChI=1S/C11H20N2O3/c1-5-7-13(8-10(14)16-6-2)9(3)11(15)12-4/h5,9H,1,6-8H2,2-4H3,(H,12,15). The molecule has 0 aliphatic carbocycles. The van der Waals surface area contributed by atoms with Gasteiger partial charge < -0.3 is 10.1 Å². The summed E-state index contributed by atoms with van der Waals surface area (Å²) >= 11 is 0. The van der Waals surface area contributed by atoms with Crippen LogP contribution in [-0.4, -0.2) is 49.6 Å². The van der Waals surface area contributed by atoms with Crippen molar-refractivity contribution in [1.82, 2.24) is 10.2 Å². The number of nitrogens with zero attached hydrogens (tertiary/aromatic N) is 1. The normalized spacial score (nSPS) is 12.0. The molecule has 1 N–H and O–H groups in total. The molecule has 0 saturated heterocycles. The van der Waals surface area contributed by atoms with Gasteiger partial charge in [-0.15, -0.1) is 6.58 Å². The second-order valence-electron chi connectivity index (χ2n) is 3.31. The molecule has 1 atom stereocenters. The quantitative estimate of drug-likeness (QED) is 0.498. The molecule has 1 amide bonds. The minimum Gasteiger partial charge on any atom is -0.465 e. The number of amides is 1. The van der Waals surface area contributed by atoms with Crippen molar-refractivity contribution in [2.24, 2.45) is 0 Å². The van der Waals surface area contributed by atoms with Crippen LogP contribution in [-0.2, 0) is 14.3 Å². The molecule has 0 aromatic carbocycles. The summed E-state index contributed by atoms with van der Waals surface area (Å²) in [6, 6.07) is -0.382. The number of nitrogens with one attached hydrogen (secondary N) is 1. The molecular formula is C11H20N2O3. The lowest BCUT2D eigenvalue weighted by molar-refractivity contribution is -0.145. The first-order valence-corrected chi connectivity index (χ1v) is 5.28. The summed E-state index contributed by atoms with van der Waals surface area (Å²) in [4.78, 5) is 24.4. The zero-order valence-electron chi connectivity index (χ0n) is 10.2. The average molecular weight is 228 g/mol. The Morgan fingerprint density at radius 2 is 2.19 bits per heavy atom. The van der Waals surface area contributed by atoms with Gasteiger partial charge in [-0.1, -0.05) is 6.08 Å². The van der Waals surface area contributed by atoms with Gasteiger partial charge in [-0.05, 0) is 13.8 Å². The minimum atomic E-state index is -0.382. The first kappa shape index (κ1) is 14.6. The van der Waals surface area contributed by atoms with Crippen molar-refractivity contribution in [3.8, 4) is 0 Å². The van der Waals surface area contributed by atoms with E-state index in [1.54, 1.807) is 31.9 Å². The maximum atomic E-state index is 11.4. The van der Waals surface area contributed by atoms with Crippen molar-refractivity contribution in [1.29, 1.82) is 0 Å². The zero-order chi connectivity index (χ0) is 12.6. The largest absolute Gasteiger partial charge is 0.465 e. The van der Waals surface area contributed by atoms with Crippen molar-refractivity contribution in [2.45, 2.75) is 19.9 Å². The van der Waals surface area contributed by atoms with Crippen LogP contribution in [0.4, 0.5) is 0 Å². The third kappa shape index (κ3) is 4.93. The Hall–Kier alpha value is -1.36. The number of carbonyl (C=O) groups is 2. The number of hydrogen-bond acceptors (Lipinski definition) is 4. The van der Waals surface area contributed by atoms with Crippen LogP contribution in [0.1, 0.15) is 13.8 Å². The van der Waals surface area contributed by atoms with E-state index in [2.05, 4.69) is 11.9 Å². The highest BCUT2D eigenvalue weighted by Crippen LogP contribution is 2.00. The van der Waals surface area contributed by atoms with Gasteiger partial charge in [-0.2, -0.15) is 0 Å². The summed E-state index contributed by atoms with van der Waals surface area (Å²) in [7, 11) is 1.56. The van der Waals surface area contributed by atoms with Crippen LogP contribution in [0, 0.1) is 0 Å². The number of likely N-dealkylation sites (N-methyl/N-ethyl adjacent to an activating group) is 1. The van der Waals surface area contributed by atoms with Crippen LogP contribution in [0.3, 0.4) is 0 Å². The number of esters is 1. The van der Waals surface area contributed by atoms with Crippen molar-refractivity contribution >= 4 is 11.9 Å². The van der Waals surface area contributed by atoms with Crippen LogP contribution in [0.25, 0.3) is 0 Å². The van der Waals surface area contributed by atoms with E-state index in [-0.39, 0.29) is 24.5 Å². The van der Waals surface area contributed by atoms with Gasteiger partial charge in [-0.3, -0.25) is 14.5 Å². The molecule has 0 bridgehead atoms. The van der Waals surface area contributed by atoms with E-state index in [9.17, 15) is 9.59 Å². The van der Waals surface area contributed by atoms with Gasteiger partial charge >= 0.3 is 5.97 Å². The van der Waals surface area contributed by atoms with Crippen molar-refractivity contribution < 1.29 is 14.3 Å². The Balaban J connectivity index is 4.41. The lowest BCUT2D eigenvalue weighted by Gasteiger charge is -2.25. The molecule has 16 heavy (non-hydrogen) atoms. The number of ether oxygens (including phenoxy) is 1. The van der Waals surface area contributed by atoms with Gasteiger partial charge in [0, 0.05) is 13.6 Å². The predicted octanol–water partition coefficient (Wildman–Crippen LogP) is 0.172. The molecule has 92 valence electrons. The second-order valence-corrected chi connectivity index (χ2v) is 3.31. The molecule has 0 heterocycles. The van der Waals surface area contributed by atoms with E-state index in [0.717, 1.165) is 0 Å². The summed E-state index contributed by atoms with van der Waals surface area (Å²) in [6.07, 6.45) is 1.65. The van der Waals surface area contributed by atoms with Gasteiger partial charge in [0.2, 0.25) is 5.91 Å². The fourth-order valence-corrected chi connectivity index (χ4v) is 1.27. The topological polar surface area (TPSA) is 58.6 Å². The molecule has 1 unspecified atom stereocenters. The monoisotopic (exact) mass is 228 g/mol. The highest BCUT2D eigenvalue weighted by molar-refractivity contribution is 5.82. The highest BCUT2D eigenvalue weighted by atomic mass is 16.5. The Morgan fingerprint density at radius 3 is 2.62 bits per heavy atom. The van der Waals surface area contributed by atoms with Crippen LogP contribution >= 0.6 is 0 Å². The van der Waals surface area contributed by atoms with Gasteiger partial charge in [0.15, 0.2) is 0 Å². The summed E-state index contributed by atoms with van der Waals surface area (Å²) in [5, 5.41) is 2.54. The molecule has 0 aliphatic heterocycles. The Bertz CT molecular complexity index is 254. The molecular weight excluding hydrogens is 208 g/mol. The van der Waals surface area contributed by atoms with Crippen molar-refractivity contribution in [3.63, 3.8) is 0 Å². The first-order valence-electron chi connectivity index (χ1n) is 5.28. The molecule has 0 aliphatic rings. The fraction of sp³-hybridized carbons (Fsp3) is 0.636. The molecule has 5 heteroatoms. The summed E-state index contributed by atoms with van der Waals surface area (Å²) in [6.45, 7) is 7.98. The fourth-order valence-electron chi connectivity index (χ4n) is 1.27. The Morgan fingerprint density at radius 1 is 1.56 bits per heavy atom. The SMILES string of the molecule is C=CCN(CC(=O)OCC)C(C)C(=O)NC. The third-order valence-corrected chi connectivity index (χ3v) is 2.17. The molecule has 5 nitrogen and oxygen atoms in total. The summed E-state index contributed by atoms with van der Waals surface area (Å²) in [5.41, 5.74) is 0. The molecule has 0 radical (unpaired) electrons. The second kappa shape index (κ2) is 7.87. The van der Waals surface area contributed by atoms with E-state index in [1.165, 1.54) is 0 Å². The number of hydrogen-bond donors (Lipinski definition) is 1. The van der Waals surface area contributed by atoms with Crippen LogP contribution in [0.2, 0.25) is 0 Å². The van der Waals surface area contributed by atoms with E-state index in [4.69, 9.17) is 4.74 Å². The molecule has 0 aromatic heterocycles. The van der Waals surface area contributed by atoms with Crippen molar-refractivity contribution in [2.75, 3.05) is 26.7 Å². The number of carbonyl (C=O) groups excluding carboxylic acids is 2. The Labute approximate surface area is 96.4 Å². The third-order valence-electron chi connectivity index (χ3n) is 2.17. The van der Waals surface area contributed by atoms with Crippen molar-refractivity contribution in [3.05, 3.63) is 12.7 Å². The average Bonchev–Trinajstić information content (AvgIpc) is 2.26. The van der Waals surface area contributed by atoms with Gasteiger partial charge in [-0.25, -0.2) is 0 Å². The maximum Gasteiger partial charge on any atom is 0.320 e. The molecule has 0 aromatic rings. The zero-order valence-corrected chi connectivity index (χ0v) is 10.2. The van der Waals surface area contributed by atoms with Crippen LogP contribution in [0.15, 0.2) is 12.7 Å². The highest BCUT2D eigenvalue weighted by Gasteiger charge is 2.21. The first-order chi connectivity index (χ1) is 7.56. The smallest absolute Gasteiger partial charge is 0.320 e. The van der Waals surface area contributed by atoms with E-state index >= 15 is 0 Å². The summed E-state index contributed by atoms with van der Waals surface area (Å²) < 4.78 is 4.84. The van der Waals surface area contributed by atoms with Gasteiger partial charge in [0.05, 0.1) is 19.2 Å². The lowest BCUT2D eigenvalue weighted by Crippen LogP contribution is -2.46. The molecule has 0 rings (SSSR count). The van der Waals surface area contributed by atoms with E-state index in [1.807, 2.05) is 0 Å². The van der Waals surface area contributed by atoms with E-state index in [0.29, 0.717) is 13.2 Å². The Kier molecular flexibility index (Phi) is 7.20. The number of rotatable bonds is 7. The molecule has 0 fully saturated rings. The minimum absolute atomic E-state index is 0.0917. The van der Waals surface area contributed by atoms with Crippen LogP contribution in [0.5, 0.6) is 0 Å². The van der Waals surface area contributed by atoms with Gasteiger partial charge in [0.1, 0.15) is 0 Å². The van der Waals surface area contributed by atoms with Gasteiger partial charge in [0.25, 0.3) is 0 Å². The predicted molar refractivity (Wildman–Crippen MR) is 61.9 cm³/mol. The molecule has 0 saturated carbocycles. The maximum absolute atomic E-state index is 11.4.